The number of amides is 2. The number of carbonyl (C=O) groups excluding carboxylic acids is 2. The van der Waals surface area contributed by atoms with Gasteiger partial charge in [-0.3, -0.25) is 19.8 Å². The predicted octanol–water partition coefficient (Wildman–Crippen LogP) is 0.338. The lowest BCUT2D eigenvalue weighted by atomic mass is 10.1. The molecule has 2 atom stereocenters. The van der Waals surface area contributed by atoms with Crippen molar-refractivity contribution >= 4 is 17.5 Å². The Kier molecular flexibility index (Phi) is 5.07. The SMILES string of the molecule is O=C1CC(N2CCOCC2)NC(CC(=O)N2CCc3c2ccc(F)c3F)N1. The highest BCUT2D eigenvalue weighted by Gasteiger charge is 2.34. The maximum absolute atomic E-state index is 13.9. The number of fused-ring (bicyclic) bond motifs is 1. The lowest BCUT2D eigenvalue weighted by Gasteiger charge is -2.40. The summed E-state index contributed by atoms with van der Waals surface area (Å²) in [5, 5.41) is 6.10. The Hall–Kier alpha value is -2.10. The van der Waals surface area contributed by atoms with Crippen molar-refractivity contribution in [1.29, 1.82) is 0 Å². The molecule has 146 valence electrons. The van der Waals surface area contributed by atoms with Crippen molar-refractivity contribution in [3.05, 3.63) is 29.3 Å². The molecule has 0 aromatic heterocycles. The predicted molar refractivity (Wildman–Crippen MR) is 92.9 cm³/mol. The molecule has 7 nitrogen and oxygen atoms in total. The highest BCUT2D eigenvalue weighted by molar-refractivity contribution is 5.96. The molecule has 2 amide bonds. The second-order valence-corrected chi connectivity index (χ2v) is 7.01. The number of ether oxygens (including phenoxy) is 1. The summed E-state index contributed by atoms with van der Waals surface area (Å²) in [5.41, 5.74) is 0.640. The van der Waals surface area contributed by atoms with Gasteiger partial charge in [0.2, 0.25) is 11.8 Å². The van der Waals surface area contributed by atoms with Gasteiger partial charge in [-0.25, -0.2) is 8.78 Å². The number of anilines is 1. The molecule has 0 radical (unpaired) electrons. The molecule has 0 bridgehead atoms. The van der Waals surface area contributed by atoms with Gasteiger partial charge >= 0.3 is 0 Å². The van der Waals surface area contributed by atoms with E-state index in [9.17, 15) is 18.4 Å². The van der Waals surface area contributed by atoms with E-state index in [1.807, 2.05) is 0 Å². The van der Waals surface area contributed by atoms with Crippen molar-refractivity contribution in [1.82, 2.24) is 15.5 Å². The van der Waals surface area contributed by atoms with Crippen molar-refractivity contribution in [3.63, 3.8) is 0 Å². The molecule has 1 aromatic carbocycles. The van der Waals surface area contributed by atoms with Crippen molar-refractivity contribution in [3.8, 4) is 0 Å². The van der Waals surface area contributed by atoms with Crippen molar-refractivity contribution in [2.75, 3.05) is 37.7 Å². The molecule has 4 rings (SSSR count). The number of morpholine rings is 1. The third-order valence-electron chi connectivity index (χ3n) is 5.32. The Bertz CT molecular complexity index is 754. The minimum Gasteiger partial charge on any atom is -0.379 e. The minimum atomic E-state index is -0.905. The summed E-state index contributed by atoms with van der Waals surface area (Å²) in [6, 6.07) is 2.47. The van der Waals surface area contributed by atoms with Gasteiger partial charge in [0.1, 0.15) is 0 Å². The summed E-state index contributed by atoms with van der Waals surface area (Å²) in [6.45, 7) is 3.01. The molecule has 2 N–H and O–H groups in total. The van der Waals surface area contributed by atoms with Crippen molar-refractivity contribution in [2.24, 2.45) is 0 Å². The van der Waals surface area contributed by atoms with E-state index in [4.69, 9.17) is 4.74 Å². The third-order valence-corrected chi connectivity index (χ3v) is 5.32. The van der Waals surface area contributed by atoms with Crippen LogP contribution in [-0.2, 0) is 20.7 Å². The maximum atomic E-state index is 13.9. The van der Waals surface area contributed by atoms with Crippen LogP contribution in [0.3, 0.4) is 0 Å². The van der Waals surface area contributed by atoms with Gasteiger partial charge in [-0.05, 0) is 18.6 Å². The smallest absolute Gasteiger partial charge is 0.230 e. The van der Waals surface area contributed by atoms with Gasteiger partial charge in [-0.2, -0.15) is 0 Å². The van der Waals surface area contributed by atoms with Crippen molar-refractivity contribution in [2.45, 2.75) is 31.6 Å². The molecule has 0 spiro atoms. The molecule has 2 fully saturated rings. The average molecular weight is 380 g/mol. The first-order chi connectivity index (χ1) is 13.0. The molecular formula is C18H22F2N4O3. The lowest BCUT2D eigenvalue weighted by Crippen LogP contribution is -2.63. The van der Waals surface area contributed by atoms with E-state index in [1.54, 1.807) is 0 Å². The van der Waals surface area contributed by atoms with E-state index in [-0.39, 0.29) is 36.4 Å². The fourth-order valence-corrected chi connectivity index (χ4v) is 3.96. The fourth-order valence-electron chi connectivity index (χ4n) is 3.96. The van der Waals surface area contributed by atoms with Crippen LogP contribution in [0.15, 0.2) is 12.1 Å². The van der Waals surface area contributed by atoms with Gasteiger partial charge in [0.15, 0.2) is 11.6 Å². The summed E-state index contributed by atoms with van der Waals surface area (Å²) in [5.74, 6) is -2.14. The van der Waals surface area contributed by atoms with E-state index >= 15 is 0 Å². The number of halogens is 2. The van der Waals surface area contributed by atoms with Crippen molar-refractivity contribution < 1.29 is 23.1 Å². The van der Waals surface area contributed by atoms with Gasteiger partial charge in [-0.1, -0.05) is 0 Å². The Morgan fingerprint density at radius 1 is 1.22 bits per heavy atom. The summed E-state index contributed by atoms with van der Waals surface area (Å²) in [7, 11) is 0. The Labute approximate surface area is 155 Å². The van der Waals surface area contributed by atoms with Crippen LogP contribution >= 0.6 is 0 Å². The van der Waals surface area contributed by atoms with Crippen LogP contribution in [0.4, 0.5) is 14.5 Å². The minimum absolute atomic E-state index is 0.0466. The van der Waals surface area contributed by atoms with E-state index < -0.39 is 17.8 Å². The fraction of sp³-hybridized carbons (Fsp3) is 0.556. The normalized spacial score (nSPS) is 26.0. The van der Waals surface area contributed by atoms with Crippen LogP contribution in [0, 0.1) is 11.6 Å². The highest BCUT2D eigenvalue weighted by Crippen LogP contribution is 2.32. The Morgan fingerprint density at radius 2 is 2.00 bits per heavy atom. The van der Waals surface area contributed by atoms with Crippen LogP contribution < -0.4 is 15.5 Å². The average Bonchev–Trinajstić information content (AvgIpc) is 3.10. The number of nitrogens with zero attached hydrogens (tertiary/aromatic N) is 2. The van der Waals surface area contributed by atoms with Crippen LogP contribution in [-0.4, -0.2) is 61.9 Å². The van der Waals surface area contributed by atoms with Gasteiger partial charge in [-0.15, -0.1) is 0 Å². The van der Waals surface area contributed by atoms with Crippen LogP contribution in [0.5, 0.6) is 0 Å². The van der Waals surface area contributed by atoms with E-state index in [1.165, 1.54) is 11.0 Å². The topological polar surface area (TPSA) is 73.9 Å². The largest absolute Gasteiger partial charge is 0.379 e. The molecule has 3 heterocycles. The zero-order chi connectivity index (χ0) is 19.0. The van der Waals surface area contributed by atoms with Gasteiger partial charge < -0.3 is 15.0 Å². The molecule has 0 saturated carbocycles. The second kappa shape index (κ2) is 7.49. The first-order valence-corrected chi connectivity index (χ1v) is 9.17. The molecule has 3 aliphatic rings. The quantitative estimate of drug-likeness (QED) is 0.791. The number of rotatable bonds is 3. The number of carbonyl (C=O) groups is 2. The van der Waals surface area contributed by atoms with Crippen LogP contribution in [0.25, 0.3) is 0 Å². The second-order valence-electron chi connectivity index (χ2n) is 7.01. The summed E-state index contributed by atoms with van der Waals surface area (Å²) >= 11 is 0. The number of hydrogen-bond donors (Lipinski definition) is 2. The number of nitrogens with one attached hydrogen (secondary N) is 2. The standard InChI is InChI=1S/C18H22F2N4O3/c19-12-1-2-13-11(18(12)20)3-4-24(13)17(26)9-14-21-15(10-16(25)22-14)23-5-7-27-8-6-23/h1-2,14-15,21H,3-10H2,(H,22,25). The highest BCUT2D eigenvalue weighted by atomic mass is 19.2. The Morgan fingerprint density at radius 3 is 2.78 bits per heavy atom. The van der Waals surface area contributed by atoms with Crippen LogP contribution in [0.2, 0.25) is 0 Å². The van der Waals surface area contributed by atoms with E-state index in [0.717, 1.165) is 19.2 Å². The first-order valence-electron chi connectivity index (χ1n) is 9.17. The summed E-state index contributed by atoms with van der Waals surface area (Å²) in [4.78, 5) is 28.4. The van der Waals surface area contributed by atoms with Gasteiger partial charge in [0.05, 0.1) is 44.1 Å². The van der Waals surface area contributed by atoms with E-state index in [2.05, 4.69) is 15.5 Å². The summed E-state index contributed by atoms with van der Waals surface area (Å²) < 4.78 is 32.6. The first kappa shape index (κ1) is 18.3. The molecule has 3 aliphatic heterocycles. The number of hydrogen-bond acceptors (Lipinski definition) is 5. The Balaban J connectivity index is 1.42. The molecule has 9 heteroatoms. The molecule has 2 saturated heterocycles. The lowest BCUT2D eigenvalue weighted by molar-refractivity contribution is -0.128. The summed E-state index contributed by atoms with van der Waals surface area (Å²) in [6.07, 6.45) is 0.0111. The van der Waals surface area contributed by atoms with Crippen LogP contribution in [0.1, 0.15) is 18.4 Å². The molecule has 1 aromatic rings. The monoisotopic (exact) mass is 380 g/mol. The molecule has 2 unspecified atom stereocenters. The zero-order valence-corrected chi connectivity index (χ0v) is 14.8. The van der Waals surface area contributed by atoms with E-state index in [0.29, 0.717) is 31.9 Å². The molecular weight excluding hydrogens is 358 g/mol. The van der Waals surface area contributed by atoms with Gasteiger partial charge in [0, 0.05) is 25.2 Å². The zero-order valence-electron chi connectivity index (χ0n) is 14.8. The molecule has 27 heavy (non-hydrogen) atoms. The third kappa shape index (κ3) is 3.67. The number of benzene rings is 1. The maximum Gasteiger partial charge on any atom is 0.230 e. The molecule has 0 aliphatic carbocycles. The van der Waals surface area contributed by atoms with Gasteiger partial charge in [0.25, 0.3) is 0 Å².